The molecule has 6 heteroatoms. The Morgan fingerprint density at radius 3 is 2.65 bits per heavy atom. The standard InChI is InChI=1S/C20H20N2O4/c1-13(23)21-17-7-5-4-6-16(17)19(2,3)20(21)11-10-14-12-15(22(24)25)8-9-18(14)26-20/h4-13,23H,1-3H3. The van der Waals surface area contributed by atoms with E-state index in [1.165, 1.54) is 12.1 Å². The number of hydrogen-bond acceptors (Lipinski definition) is 5. The summed E-state index contributed by atoms with van der Waals surface area (Å²) in [6.07, 6.45) is 2.96. The molecule has 0 amide bonds. The van der Waals surface area contributed by atoms with E-state index in [1.807, 2.05) is 41.3 Å². The zero-order chi connectivity index (χ0) is 18.7. The highest BCUT2D eigenvalue weighted by Crippen LogP contribution is 2.55. The number of rotatable bonds is 2. The Morgan fingerprint density at radius 1 is 1.23 bits per heavy atom. The van der Waals surface area contributed by atoms with Crippen molar-refractivity contribution in [3.63, 3.8) is 0 Å². The minimum absolute atomic E-state index is 0.0225. The maximum absolute atomic E-state index is 11.0. The molecular formula is C20H20N2O4. The van der Waals surface area contributed by atoms with Crippen molar-refractivity contribution < 1.29 is 14.8 Å². The number of fused-ring (bicyclic) bond motifs is 2. The molecule has 1 N–H and O–H groups in total. The highest BCUT2D eigenvalue weighted by Gasteiger charge is 2.59. The molecule has 0 radical (unpaired) electrons. The van der Waals surface area contributed by atoms with Crippen LogP contribution in [-0.4, -0.2) is 22.0 Å². The van der Waals surface area contributed by atoms with E-state index < -0.39 is 22.3 Å². The Labute approximate surface area is 151 Å². The summed E-state index contributed by atoms with van der Waals surface area (Å²) in [4.78, 5) is 12.5. The van der Waals surface area contributed by atoms with Crippen LogP contribution in [0.25, 0.3) is 6.08 Å². The molecule has 2 unspecified atom stereocenters. The monoisotopic (exact) mass is 352 g/mol. The highest BCUT2D eigenvalue weighted by molar-refractivity contribution is 5.73. The SMILES string of the molecule is CC(O)N1c2ccccc2C(C)(C)C12C=Cc1cc([N+](=O)[O-])ccc1O2. The number of aliphatic hydroxyl groups excluding tert-OH is 1. The van der Waals surface area contributed by atoms with E-state index in [4.69, 9.17) is 4.74 Å². The fourth-order valence-corrected chi connectivity index (χ4v) is 4.11. The molecule has 2 aromatic carbocycles. The number of nitrogens with zero attached hydrogens (tertiary/aromatic N) is 2. The van der Waals surface area contributed by atoms with Crippen molar-refractivity contribution >= 4 is 17.5 Å². The van der Waals surface area contributed by atoms with Gasteiger partial charge in [0, 0.05) is 23.4 Å². The first-order chi connectivity index (χ1) is 12.3. The summed E-state index contributed by atoms with van der Waals surface area (Å²) in [6, 6.07) is 12.5. The number of ether oxygens (including phenoxy) is 1. The second kappa shape index (κ2) is 5.32. The van der Waals surface area contributed by atoms with Crippen molar-refractivity contribution in [3.8, 4) is 5.75 Å². The van der Waals surface area contributed by atoms with Crippen molar-refractivity contribution in [2.45, 2.75) is 38.1 Å². The first kappa shape index (κ1) is 16.6. The molecule has 134 valence electrons. The maximum atomic E-state index is 11.0. The summed E-state index contributed by atoms with van der Waals surface area (Å²) in [6.45, 7) is 5.87. The Morgan fingerprint density at radius 2 is 1.96 bits per heavy atom. The lowest BCUT2D eigenvalue weighted by Crippen LogP contribution is -2.61. The van der Waals surface area contributed by atoms with Crippen molar-refractivity contribution in [2.75, 3.05) is 4.90 Å². The van der Waals surface area contributed by atoms with Crippen LogP contribution < -0.4 is 9.64 Å². The van der Waals surface area contributed by atoms with Crippen LogP contribution in [-0.2, 0) is 5.41 Å². The van der Waals surface area contributed by atoms with Gasteiger partial charge in [0.2, 0.25) is 5.72 Å². The van der Waals surface area contributed by atoms with Gasteiger partial charge >= 0.3 is 0 Å². The van der Waals surface area contributed by atoms with Crippen LogP contribution in [0, 0.1) is 10.1 Å². The largest absolute Gasteiger partial charge is 0.463 e. The Balaban J connectivity index is 1.89. The molecule has 2 atom stereocenters. The minimum Gasteiger partial charge on any atom is -0.463 e. The normalized spacial score (nSPS) is 23.3. The average molecular weight is 352 g/mol. The summed E-state index contributed by atoms with van der Waals surface area (Å²) in [7, 11) is 0. The maximum Gasteiger partial charge on any atom is 0.270 e. The molecule has 0 fully saturated rings. The number of hydrogen-bond donors (Lipinski definition) is 1. The van der Waals surface area contributed by atoms with Crippen LogP contribution in [0.15, 0.2) is 48.5 Å². The van der Waals surface area contributed by atoms with Gasteiger partial charge in [-0.2, -0.15) is 0 Å². The number of nitro groups is 1. The van der Waals surface area contributed by atoms with Crippen LogP contribution in [0.4, 0.5) is 11.4 Å². The number of para-hydroxylation sites is 1. The van der Waals surface area contributed by atoms with Crippen molar-refractivity contribution in [1.29, 1.82) is 0 Å². The van der Waals surface area contributed by atoms with Crippen LogP contribution in [0.1, 0.15) is 31.9 Å². The van der Waals surface area contributed by atoms with Gasteiger partial charge in [0.25, 0.3) is 5.69 Å². The Hall–Kier alpha value is -2.86. The van der Waals surface area contributed by atoms with Gasteiger partial charge in [-0.15, -0.1) is 0 Å². The van der Waals surface area contributed by atoms with Crippen LogP contribution in [0.3, 0.4) is 0 Å². The second-order valence-electron chi connectivity index (χ2n) is 7.26. The topological polar surface area (TPSA) is 75.8 Å². The molecule has 0 saturated carbocycles. The molecule has 0 aromatic heterocycles. The third-order valence-electron chi connectivity index (χ3n) is 5.42. The van der Waals surface area contributed by atoms with Gasteiger partial charge in [0.1, 0.15) is 12.0 Å². The van der Waals surface area contributed by atoms with Crippen LogP contribution in [0.5, 0.6) is 5.75 Å². The van der Waals surface area contributed by atoms with Crippen LogP contribution >= 0.6 is 0 Å². The van der Waals surface area contributed by atoms with Gasteiger partial charge in [0.15, 0.2) is 0 Å². The van der Waals surface area contributed by atoms with E-state index >= 15 is 0 Å². The molecular weight excluding hydrogens is 332 g/mol. The van der Waals surface area contributed by atoms with Gasteiger partial charge in [-0.25, -0.2) is 0 Å². The fourth-order valence-electron chi connectivity index (χ4n) is 4.11. The third-order valence-corrected chi connectivity index (χ3v) is 5.42. The molecule has 1 spiro atoms. The number of non-ortho nitro benzene ring substituents is 1. The lowest BCUT2D eigenvalue weighted by molar-refractivity contribution is -0.384. The first-order valence-corrected chi connectivity index (χ1v) is 8.51. The van der Waals surface area contributed by atoms with Crippen LogP contribution in [0.2, 0.25) is 0 Å². The predicted octanol–water partition coefficient (Wildman–Crippen LogP) is 3.83. The zero-order valence-corrected chi connectivity index (χ0v) is 14.8. The predicted molar refractivity (Wildman–Crippen MR) is 99.1 cm³/mol. The smallest absolute Gasteiger partial charge is 0.270 e. The molecule has 6 nitrogen and oxygen atoms in total. The molecule has 2 aliphatic heterocycles. The van der Waals surface area contributed by atoms with Gasteiger partial charge in [-0.3, -0.25) is 10.1 Å². The summed E-state index contributed by atoms with van der Waals surface area (Å²) in [5.41, 5.74) is 1.31. The van der Waals surface area contributed by atoms with Gasteiger partial charge in [-0.05, 0) is 50.6 Å². The van der Waals surface area contributed by atoms with E-state index in [2.05, 4.69) is 13.8 Å². The Kier molecular flexibility index (Phi) is 3.39. The van der Waals surface area contributed by atoms with E-state index in [-0.39, 0.29) is 5.69 Å². The summed E-state index contributed by atoms with van der Waals surface area (Å²) >= 11 is 0. The van der Waals surface area contributed by atoms with E-state index in [0.29, 0.717) is 11.3 Å². The van der Waals surface area contributed by atoms with Gasteiger partial charge in [-0.1, -0.05) is 18.2 Å². The Bertz CT molecular complexity index is 935. The van der Waals surface area contributed by atoms with E-state index in [1.54, 1.807) is 13.0 Å². The van der Waals surface area contributed by atoms with E-state index in [9.17, 15) is 15.2 Å². The molecule has 2 aromatic rings. The molecule has 2 aliphatic rings. The fraction of sp³-hybridized carbons (Fsp3) is 0.300. The first-order valence-electron chi connectivity index (χ1n) is 8.51. The zero-order valence-electron chi connectivity index (χ0n) is 14.8. The molecule has 4 rings (SSSR count). The summed E-state index contributed by atoms with van der Waals surface area (Å²) in [5.74, 6) is 0.560. The molecule has 0 saturated heterocycles. The number of nitro benzene ring substituents is 1. The van der Waals surface area contributed by atoms with Gasteiger partial charge in [0.05, 0.1) is 10.3 Å². The average Bonchev–Trinajstić information content (AvgIpc) is 2.79. The van der Waals surface area contributed by atoms with Crippen molar-refractivity contribution in [3.05, 3.63) is 69.8 Å². The number of anilines is 1. The quantitative estimate of drug-likeness (QED) is 0.657. The second-order valence-corrected chi connectivity index (χ2v) is 7.26. The molecule has 0 aliphatic carbocycles. The van der Waals surface area contributed by atoms with E-state index in [0.717, 1.165) is 11.3 Å². The molecule has 0 bridgehead atoms. The van der Waals surface area contributed by atoms with Crippen molar-refractivity contribution in [2.24, 2.45) is 0 Å². The molecule has 2 heterocycles. The lowest BCUT2D eigenvalue weighted by atomic mass is 9.76. The number of aliphatic hydroxyl groups is 1. The van der Waals surface area contributed by atoms with Crippen molar-refractivity contribution in [1.82, 2.24) is 0 Å². The summed E-state index contributed by atoms with van der Waals surface area (Å²) < 4.78 is 6.44. The van der Waals surface area contributed by atoms with Gasteiger partial charge < -0.3 is 14.7 Å². The lowest BCUT2D eigenvalue weighted by Gasteiger charge is -2.48. The highest BCUT2D eigenvalue weighted by atomic mass is 16.6. The molecule has 26 heavy (non-hydrogen) atoms. The third kappa shape index (κ3) is 2.02. The number of benzene rings is 2. The summed E-state index contributed by atoms with van der Waals surface area (Å²) in [5, 5.41) is 21.6. The minimum atomic E-state index is -0.923.